The Bertz CT molecular complexity index is 376. The summed E-state index contributed by atoms with van der Waals surface area (Å²) < 4.78 is 1.51. The van der Waals surface area contributed by atoms with Crippen LogP contribution >= 0.6 is 0 Å². The number of imidazole rings is 1. The number of carbonyl (C=O) groups excluding carboxylic acids is 2. The lowest BCUT2D eigenvalue weighted by Crippen LogP contribution is -2.27. The van der Waals surface area contributed by atoms with Gasteiger partial charge in [0.05, 0.1) is 12.9 Å². The quantitative estimate of drug-likeness (QED) is 0.512. The van der Waals surface area contributed by atoms with E-state index < -0.39 is 0 Å². The molecule has 0 radical (unpaired) electrons. The van der Waals surface area contributed by atoms with Crippen LogP contribution in [-0.4, -0.2) is 28.3 Å². The predicted octanol–water partition coefficient (Wildman–Crippen LogP) is -0.555. The van der Waals surface area contributed by atoms with Crippen LogP contribution in [0.15, 0.2) is 12.5 Å². The van der Waals surface area contributed by atoms with E-state index in [0.717, 1.165) is 0 Å². The Morgan fingerprint density at radius 1 is 1.79 bits per heavy atom. The van der Waals surface area contributed by atoms with Crippen LogP contribution in [-0.2, 0) is 11.3 Å². The lowest BCUT2D eigenvalue weighted by Gasteiger charge is -2.00. The van der Waals surface area contributed by atoms with E-state index in [4.69, 9.17) is 6.42 Å². The fraction of sp³-hybridized carbons (Fsp3) is 0.222. The molecular weight excluding hydrogens is 182 g/mol. The summed E-state index contributed by atoms with van der Waals surface area (Å²) in [5.74, 6) is 2.08. The van der Waals surface area contributed by atoms with Gasteiger partial charge in [-0.3, -0.25) is 9.59 Å². The Morgan fingerprint density at radius 3 is 3.14 bits per heavy atom. The lowest BCUT2D eigenvalue weighted by molar-refractivity contribution is -0.121. The molecule has 1 heterocycles. The minimum atomic E-state index is -0.210. The average Bonchev–Trinajstić information content (AvgIpc) is 2.62. The van der Waals surface area contributed by atoms with E-state index in [0.29, 0.717) is 12.0 Å². The number of hydrogen-bond acceptors (Lipinski definition) is 3. The number of nitrogens with one attached hydrogen (secondary N) is 1. The molecule has 5 heteroatoms. The SMILES string of the molecule is C#CCNC(=O)Cn1cnc(C=O)c1. The molecule has 0 fully saturated rings. The van der Waals surface area contributed by atoms with Gasteiger partial charge in [-0.2, -0.15) is 0 Å². The fourth-order valence-electron chi connectivity index (χ4n) is 0.896. The molecule has 14 heavy (non-hydrogen) atoms. The van der Waals surface area contributed by atoms with Crippen molar-refractivity contribution in [3.63, 3.8) is 0 Å². The minimum absolute atomic E-state index is 0.114. The second kappa shape index (κ2) is 4.82. The molecule has 0 atom stereocenters. The van der Waals surface area contributed by atoms with E-state index in [1.54, 1.807) is 0 Å². The van der Waals surface area contributed by atoms with Crippen LogP contribution in [0.4, 0.5) is 0 Å². The highest BCUT2D eigenvalue weighted by atomic mass is 16.2. The maximum atomic E-state index is 11.1. The Labute approximate surface area is 81.1 Å². The number of carbonyl (C=O) groups is 2. The normalized spacial score (nSPS) is 9.07. The topological polar surface area (TPSA) is 64.0 Å². The van der Waals surface area contributed by atoms with Crippen molar-refractivity contribution in [1.29, 1.82) is 0 Å². The summed E-state index contributed by atoms with van der Waals surface area (Å²) in [5, 5.41) is 2.50. The molecule has 1 rings (SSSR count). The summed E-state index contributed by atoms with van der Waals surface area (Å²) in [7, 11) is 0. The van der Waals surface area contributed by atoms with Crippen molar-refractivity contribution in [3.05, 3.63) is 18.2 Å². The van der Waals surface area contributed by atoms with Crippen LogP contribution in [0, 0.1) is 12.3 Å². The summed E-state index contributed by atoms with van der Waals surface area (Å²) in [6, 6.07) is 0. The fourth-order valence-corrected chi connectivity index (χ4v) is 0.896. The highest BCUT2D eigenvalue weighted by Gasteiger charge is 2.02. The van der Waals surface area contributed by atoms with Crippen molar-refractivity contribution < 1.29 is 9.59 Å². The summed E-state index contributed by atoms with van der Waals surface area (Å²) in [5.41, 5.74) is 0.301. The van der Waals surface area contributed by atoms with Gasteiger partial charge in [-0.25, -0.2) is 4.98 Å². The van der Waals surface area contributed by atoms with Crippen molar-refractivity contribution in [1.82, 2.24) is 14.9 Å². The van der Waals surface area contributed by atoms with Gasteiger partial charge in [-0.15, -0.1) is 6.42 Å². The summed E-state index contributed by atoms with van der Waals surface area (Å²) in [6.07, 6.45) is 8.49. The van der Waals surface area contributed by atoms with Gasteiger partial charge < -0.3 is 9.88 Å². The van der Waals surface area contributed by atoms with Gasteiger partial charge in [0.2, 0.25) is 5.91 Å². The number of aldehydes is 1. The van der Waals surface area contributed by atoms with E-state index in [1.807, 2.05) is 0 Å². The van der Waals surface area contributed by atoms with Crippen molar-refractivity contribution in [2.45, 2.75) is 6.54 Å². The Kier molecular flexibility index (Phi) is 3.44. The molecule has 1 aromatic rings. The summed E-state index contributed by atoms with van der Waals surface area (Å²) >= 11 is 0. The Balaban J connectivity index is 2.48. The Morgan fingerprint density at radius 2 is 2.57 bits per heavy atom. The van der Waals surface area contributed by atoms with E-state index in [-0.39, 0.29) is 19.0 Å². The molecular formula is C9H9N3O2. The smallest absolute Gasteiger partial charge is 0.240 e. The average molecular weight is 191 g/mol. The van der Waals surface area contributed by atoms with Crippen LogP contribution in [0.25, 0.3) is 0 Å². The van der Waals surface area contributed by atoms with Gasteiger partial charge in [0.1, 0.15) is 12.2 Å². The molecule has 0 aromatic carbocycles. The second-order valence-electron chi connectivity index (χ2n) is 2.57. The molecule has 0 aliphatic rings. The zero-order chi connectivity index (χ0) is 10.4. The molecule has 1 amide bonds. The summed E-state index contributed by atoms with van der Waals surface area (Å²) in [6.45, 7) is 0.316. The van der Waals surface area contributed by atoms with Crippen molar-refractivity contribution in [3.8, 4) is 12.3 Å². The minimum Gasteiger partial charge on any atom is -0.344 e. The van der Waals surface area contributed by atoms with Crippen molar-refractivity contribution >= 4 is 12.2 Å². The van der Waals surface area contributed by atoms with Gasteiger partial charge in [0, 0.05) is 6.20 Å². The van der Waals surface area contributed by atoms with Crippen molar-refractivity contribution in [2.75, 3.05) is 6.54 Å². The van der Waals surface area contributed by atoms with Crippen molar-refractivity contribution in [2.24, 2.45) is 0 Å². The molecule has 5 nitrogen and oxygen atoms in total. The Hall–Kier alpha value is -2.09. The third-order valence-corrected chi connectivity index (χ3v) is 1.49. The maximum absolute atomic E-state index is 11.1. The number of amides is 1. The molecule has 0 spiro atoms. The van der Waals surface area contributed by atoms with E-state index >= 15 is 0 Å². The standard InChI is InChI=1S/C9H9N3O2/c1-2-3-10-9(14)5-12-4-8(6-13)11-7-12/h1,4,6-7H,3,5H2,(H,10,14). The predicted molar refractivity (Wildman–Crippen MR) is 49.5 cm³/mol. The first kappa shape index (κ1) is 9.99. The van der Waals surface area contributed by atoms with Crippen LogP contribution in [0.3, 0.4) is 0 Å². The number of aromatic nitrogens is 2. The first-order valence-corrected chi connectivity index (χ1v) is 3.93. The first-order chi connectivity index (χ1) is 6.76. The van der Waals surface area contributed by atoms with Crippen LogP contribution < -0.4 is 5.32 Å². The zero-order valence-corrected chi connectivity index (χ0v) is 7.43. The number of rotatable bonds is 4. The van der Waals surface area contributed by atoms with E-state index in [1.165, 1.54) is 17.1 Å². The van der Waals surface area contributed by atoms with Gasteiger partial charge in [0.15, 0.2) is 6.29 Å². The third kappa shape index (κ3) is 2.75. The second-order valence-corrected chi connectivity index (χ2v) is 2.57. The van der Waals surface area contributed by atoms with E-state index in [2.05, 4.69) is 16.2 Å². The number of nitrogens with zero attached hydrogens (tertiary/aromatic N) is 2. The number of terminal acetylenes is 1. The molecule has 0 bridgehead atoms. The van der Waals surface area contributed by atoms with Crippen LogP contribution in [0.5, 0.6) is 0 Å². The van der Waals surface area contributed by atoms with Gasteiger partial charge in [-0.05, 0) is 0 Å². The van der Waals surface area contributed by atoms with Crippen LogP contribution in [0.1, 0.15) is 10.5 Å². The monoisotopic (exact) mass is 191 g/mol. The zero-order valence-electron chi connectivity index (χ0n) is 7.43. The maximum Gasteiger partial charge on any atom is 0.240 e. The molecule has 1 aromatic heterocycles. The molecule has 0 saturated carbocycles. The number of hydrogen-bond donors (Lipinski definition) is 1. The molecule has 0 aliphatic heterocycles. The highest BCUT2D eigenvalue weighted by Crippen LogP contribution is 1.91. The largest absolute Gasteiger partial charge is 0.344 e. The summed E-state index contributed by atoms with van der Waals surface area (Å²) in [4.78, 5) is 25.1. The van der Waals surface area contributed by atoms with Crippen LogP contribution in [0.2, 0.25) is 0 Å². The molecule has 72 valence electrons. The lowest BCUT2D eigenvalue weighted by atomic mass is 10.5. The highest BCUT2D eigenvalue weighted by molar-refractivity contribution is 5.76. The van der Waals surface area contributed by atoms with Gasteiger partial charge in [0.25, 0.3) is 0 Å². The van der Waals surface area contributed by atoms with Gasteiger partial charge in [-0.1, -0.05) is 5.92 Å². The molecule has 0 saturated heterocycles. The third-order valence-electron chi connectivity index (χ3n) is 1.49. The van der Waals surface area contributed by atoms with Gasteiger partial charge >= 0.3 is 0 Å². The van der Waals surface area contributed by atoms with E-state index in [9.17, 15) is 9.59 Å². The first-order valence-electron chi connectivity index (χ1n) is 3.93. The molecule has 1 N–H and O–H groups in total. The molecule has 0 aliphatic carbocycles. The molecule has 0 unspecified atom stereocenters.